The Bertz CT molecular complexity index is 803. The maximum absolute atomic E-state index is 12.9. The van der Waals surface area contributed by atoms with E-state index in [2.05, 4.69) is 40.1 Å². The van der Waals surface area contributed by atoms with E-state index in [9.17, 15) is 9.18 Å². The van der Waals surface area contributed by atoms with Crippen LogP contribution in [-0.2, 0) is 0 Å². The second kappa shape index (κ2) is 16.6. The molecule has 1 aromatic carbocycles. The lowest BCUT2D eigenvalue weighted by molar-refractivity contribution is 0.112. The number of nitrogens with one attached hydrogen (secondary N) is 1. The topological polar surface area (TPSA) is 29.1 Å². The Labute approximate surface area is 211 Å². The molecule has 1 saturated carbocycles. The fourth-order valence-corrected chi connectivity index (χ4v) is 5.45. The molecule has 1 heterocycles. The number of aldehydes is 1. The molecule has 0 bridgehead atoms. The van der Waals surface area contributed by atoms with Gasteiger partial charge < -0.3 is 5.32 Å². The predicted octanol–water partition coefficient (Wildman–Crippen LogP) is 9.79. The van der Waals surface area contributed by atoms with Crippen molar-refractivity contribution in [3.63, 3.8) is 0 Å². The molecule has 33 heavy (non-hydrogen) atoms. The van der Waals surface area contributed by atoms with E-state index in [4.69, 9.17) is 11.6 Å². The van der Waals surface area contributed by atoms with Crippen molar-refractivity contribution in [2.75, 3.05) is 7.05 Å². The SMILES string of the molecule is CC.CC.CCCC(CC(C)CC)C(NC)C1(C)CC1.O=Cc1cc2ccc(F)c(Cl)c2s1. The Morgan fingerprint density at radius 2 is 1.82 bits per heavy atom. The molecule has 190 valence electrons. The van der Waals surface area contributed by atoms with Gasteiger partial charge in [-0.15, -0.1) is 11.3 Å². The largest absolute Gasteiger partial charge is 0.316 e. The molecule has 2 aromatic rings. The molecule has 3 atom stereocenters. The average molecular weight is 500 g/mol. The van der Waals surface area contributed by atoms with Crippen molar-refractivity contribution in [1.29, 1.82) is 0 Å². The number of carbonyl (C=O) groups excluding carboxylic acids is 1. The quantitative estimate of drug-likeness (QED) is 0.348. The van der Waals surface area contributed by atoms with Crippen LogP contribution < -0.4 is 5.32 Å². The van der Waals surface area contributed by atoms with Gasteiger partial charge >= 0.3 is 0 Å². The maximum Gasteiger partial charge on any atom is 0.160 e. The lowest BCUT2D eigenvalue weighted by Gasteiger charge is -2.33. The highest BCUT2D eigenvalue weighted by Gasteiger charge is 2.46. The van der Waals surface area contributed by atoms with Gasteiger partial charge in [0, 0.05) is 6.04 Å². The molecule has 0 amide bonds. The number of benzene rings is 1. The molecule has 1 aromatic heterocycles. The minimum absolute atomic E-state index is 0.0931. The van der Waals surface area contributed by atoms with Crippen LogP contribution in [0.1, 0.15) is 104 Å². The third-order valence-corrected chi connectivity index (χ3v) is 7.92. The first-order valence-electron chi connectivity index (χ1n) is 12.8. The lowest BCUT2D eigenvalue weighted by atomic mass is 9.79. The summed E-state index contributed by atoms with van der Waals surface area (Å²) in [7, 11) is 2.16. The average Bonchev–Trinajstić information content (AvgIpc) is 3.43. The fraction of sp³-hybridized carbons (Fsp3) is 0.679. The minimum atomic E-state index is -0.450. The van der Waals surface area contributed by atoms with Gasteiger partial charge in [0.1, 0.15) is 5.82 Å². The number of rotatable bonds is 9. The molecule has 5 heteroatoms. The van der Waals surface area contributed by atoms with Crippen molar-refractivity contribution >= 4 is 39.3 Å². The second-order valence-electron chi connectivity index (χ2n) is 8.76. The maximum atomic E-state index is 12.9. The molecule has 0 spiro atoms. The third-order valence-electron chi connectivity index (χ3n) is 6.35. The van der Waals surface area contributed by atoms with Crippen molar-refractivity contribution in [2.45, 2.75) is 100.0 Å². The molecule has 0 aliphatic heterocycles. The number of halogens is 2. The third kappa shape index (κ3) is 9.66. The van der Waals surface area contributed by atoms with Gasteiger partial charge in [-0.3, -0.25) is 4.79 Å². The monoisotopic (exact) mass is 499 g/mol. The molecule has 0 saturated heterocycles. The molecule has 0 radical (unpaired) electrons. The van der Waals surface area contributed by atoms with Gasteiger partial charge in [-0.1, -0.05) is 85.9 Å². The van der Waals surface area contributed by atoms with Crippen LogP contribution in [0, 0.1) is 23.1 Å². The Balaban J connectivity index is 0.000000546. The van der Waals surface area contributed by atoms with E-state index in [1.54, 1.807) is 12.1 Å². The van der Waals surface area contributed by atoms with Gasteiger partial charge in [0.15, 0.2) is 6.29 Å². The smallest absolute Gasteiger partial charge is 0.160 e. The number of thiophene rings is 1. The normalized spacial score (nSPS) is 16.1. The van der Waals surface area contributed by atoms with Crippen LogP contribution in [0.15, 0.2) is 18.2 Å². The van der Waals surface area contributed by atoms with Crippen LogP contribution in [0.4, 0.5) is 4.39 Å². The van der Waals surface area contributed by atoms with Crippen molar-refractivity contribution in [3.05, 3.63) is 33.9 Å². The predicted molar refractivity (Wildman–Crippen MR) is 148 cm³/mol. The van der Waals surface area contributed by atoms with Crippen LogP contribution in [0.2, 0.25) is 5.02 Å². The second-order valence-corrected chi connectivity index (χ2v) is 10.2. The summed E-state index contributed by atoms with van der Waals surface area (Å²) in [5, 5.41) is 4.52. The van der Waals surface area contributed by atoms with Crippen LogP contribution >= 0.6 is 22.9 Å². The minimum Gasteiger partial charge on any atom is -0.316 e. The summed E-state index contributed by atoms with van der Waals surface area (Å²) in [6, 6.07) is 5.35. The summed E-state index contributed by atoms with van der Waals surface area (Å²) in [4.78, 5) is 11.0. The van der Waals surface area contributed by atoms with Crippen LogP contribution in [0.3, 0.4) is 0 Å². The highest BCUT2D eigenvalue weighted by molar-refractivity contribution is 7.21. The highest BCUT2D eigenvalue weighted by Crippen LogP contribution is 2.51. The molecule has 3 rings (SSSR count). The van der Waals surface area contributed by atoms with Gasteiger partial charge in [0.05, 0.1) is 14.6 Å². The fourth-order valence-electron chi connectivity index (χ4n) is 4.26. The summed E-state index contributed by atoms with van der Waals surface area (Å²) in [6.07, 6.45) is 9.05. The van der Waals surface area contributed by atoms with Gasteiger partial charge in [-0.05, 0) is 67.5 Å². The molecule has 2 nitrogen and oxygen atoms in total. The first-order valence-corrected chi connectivity index (χ1v) is 14.0. The van der Waals surface area contributed by atoms with Gasteiger partial charge in [0.2, 0.25) is 0 Å². The van der Waals surface area contributed by atoms with Crippen molar-refractivity contribution in [3.8, 4) is 0 Å². The Morgan fingerprint density at radius 3 is 2.27 bits per heavy atom. The molecular formula is C28H47ClFNOS. The first kappa shape index (κ1) is 32.0. The van der Waals surface area contributed by atoms with E-state index in [1.807, 2.05) is 27.7 Å². The lowest BCUT2D eigenvalue weighted by Crippen LogP contribution is -2.41. The van der Waals surface area contributed by atoms with Gasteiger partial charge in [-0.2, -0.15) is 0 Å². The van der Waals surface area contributed by atoms with Crippen LogP contribution in [0.25, 0.3) is 10.1 Å². The van der Waals surface area contributed by atoms with E-state index in [0.717, 1.165) is 29.6 Å². The van der Waals surface area contributed by atoms with Gasteiger partial charge in [-0.25, -0.2) is 4.39 Å². The molecule has 3 unspecified atom stereocenters. The summed E-state index contributed by atoms with van der Waals surface area (Å²) in [5.41, 5.74) is 0.613. The summed E-state index contributed by atoms with van der Waals surface area (Å²) in [6.45, 7) is 17.5. The zero-order chi connectivity index (χ0) is 25.6. The number of fused-ring (bicyclic) bond motifs is 1. The molecule has 1 aliphatic carbocycles. The Morgan fingerprint density at radius 1 is 1.21 bits per heavy atom. The van der Waals surface area contributed by atoms with Crippen LogP contribution in [-0.4, -0.2) is 19.4 Å². The van der Waals surface area contributed by atoms with E-state index >= 15 is 0 Å². The summed E-state index contributed by atoms with van der Waals surface area (Å²) >= 11 is 6.91. The Hall–Kier alpha value is -0.970. The number of carbonyl (C=O) groups is 1. The van der Waals surface area contributed by atoms with E-state index in [0.29, 0.717) is 15.0 Å². The van der Waals surface area contributed by atoms with E-state index in [1.165, 1.54) is 55.9 Å². The molecule has 1 aliphatic rings. The molecular weight excluding hydrogens is 453 g/mol. The zero-order valence-corrected chi connectivity index (χ0v) is 23.9. The molecule has 1 fully saturated rings. The van der Waals surface area contributed by atoms with Gasteiger partial charge in [0.25, 0.3) is 0 Å². The van der Waals surface area contributed by atoms with Crippen molar-refractivity contribution in [2.24, 2.45) is 17.3 Å². The highest BCUT2D eigenvalue weighted by atomic mass is 35.5. The zero-order valence-electron chi connectivity index (χ0n) is 22.4. The first-order chi connectivity index (χ1) is 15.8. The van der Waals surface area contributed by atoms with Crippen molar-refractivity contribution in [1.82, 2.24) is 5.32 Å². The standard InChI is InChI=1S/C15H31N.C9H4ClFOS.2C2H6/c1-6-8-13(11-12(3)7-2)14(16-5)15(4)9-10-15;10-8-7(11)2-1-5-3-6(4-12)13-9(5)8;2*1-2/h12-14,16H,6-11H2,1-5H3;1-4H;2*1-2H3. The number of hydrogen-bond donors (Lipinski definition) is 1. The number of hydrogen-bond acceptors (Lipinski definition) is 3. The van der Waals surface area contributed by atoms with E-state index < -0.39 is 5.82 Å². The summed E-state index contributed by atoms with van der Waals surface area (Å²) in [5.74, 6) is 1.32. The Kier molecular flexibility index (Phi) is 16.1. The summed E-state index contributed by atoms with van der Waals surface area (Å²) < 4.78 is 13.6. The van der Waals surface area contributed by atoms with Crippen LogP contribution in [0.5, 0.6) is 0 Å². The molecule has 1 N–H and O–H groups in total. The van der Waals surface area contributed by atoms with Crippen molar-refractivity contribution < 1.29 is 9.18 Å². The van der Waals surface area contributed by atoms with E-state index in [-0.39, 0.29) is 5.02 Å².